The molecule has 0 saturated carbocycles. The number of rotatable bonds is 9. The smallest absolute Gasteiger partial charge is 0.327 e. The Morgan fingerprint density at radius 1 is 1.30 bits per heavy atom. The van der Waals surface area contributed by atoms with Gasteiger partial charge in [-0.25, -0.2) is 4.79 Å². The monoisotopic (exact) mass is 339 g/mol. The third-order valence-electron chi connectivity index (χ3n) is 3.34. The molecule has 0 aliphatic heterocycles. The van der Waals surface area contributed by atoms with Gasteiger partial charge in [-0.3, -0.25) is 9.59 Å². The average molecular weight is 339 g/mol. The van der Waals surface area contributed by atoms with Crippen LogP contribution in [0.5, 0.6) is 5.75 Å². The van der Waals surface area contributed by atoms with Gasteiger partial charge in [-0.1, -0.05) is 19.1 Å². The summed E-state index contributed by atoms with van der Waals surface area (Å²) in [5, 5.41) is 9.27. The number of carbonyl (C=O) groups excluding carboxylic acids is 2. The summed E-state index contributed by atoms with van der Waals surface area (Å²) in [5.74, 6) is -1.61. The van der Waals surface area contributed by atoms with Gasteiger partial charge in [0.1, 0.15) is 11.8 Å². The number of carboxylic acid groups (broad SMARTS) is 1. The normalized spacial score (nSPS) is 11.6. The molecule has 1 aromatic rings. The lowest BCUT2D eigenvalue weighted by atomic mass is 10.1. The first-order chi connectivity index (χ1) is 11.0. The van der Waals surface area contributed by atoms with E-state index < -0.39 is 12.0 Å². The number of thiol groups is 1. The van der Waals surface area contributed by atoms with E-state index in [-0.39, 0.29) is 30.4 Å². The number of hydrogen-bond acceptors (Lipinski definition) is 5. The molecule has 0 aliphatic rings. The molecular weight excluding hydrogens is 318 g/mol. The van der Waals surface area contributed by atoms with Crippen LogP contribution in [-0.2, 0) is 9.59 Å². The summed E-state index contributed by atoms with van der Waals surface area (Å²) in [7, 11) is 1.44. The minimum Gasteiger partial charge on any atom is -0.496 e. The van der Waals surface area contributed by atoms with Crippen LogP contribution >= 0.6 is 12.6 Å². The first-order valence-corrected chi connectivity index (χ1v) is 7.88. The second-order valence-electron chi connectivity index (χ2n) is 4.93. The van der Waals surface area contributed by atoms with E-state index in [0.717, 1.165) is 4.90 Å². The van der Waals surface area contributed by atoms with Crippen molar-refractivity contribution in [3.05, 3.63) is 29.8 Å². The van der Waals surface area contributed by atoms with E-state index in [4.69, 9.17) is 4.74 Å². The molecule has 23 heavy (non-hydrogen) atoms. The Balaban J connectivity index is 3.06. The van der Waals surface area contributed by atoms with E-state index in [1.807, 2.05) is 6.92 Å². The molecular formula is C16H21NO5S. The van der Waals surface area contributed by atoms with Crippen LogP contribution in [0.25, 0.3) is 0 Å². The number of benzene rings is 1. The fourth-order valence-corrected chi connectivity index (χ4v) is 2.51. The number of aliphatic carboxylic acids is 1. The summed E-state index contributed by atoms with van der Waals surface area (Å²) < 4.78 is 5.13. The van der Waals surface area contributed by atoms with Gasteiger partial charge in [-0.2, -0.15) is 12.6 Å². The minimum atomic E-state index is -1.18. The van der Waals surface area contributed by atoms with Gasteiger partial charge in [0.25, 0.3) is 0 Å². The van der Waals surface area contributed by atoms with Crippen molar-refractivity contribution in [3.8, 4) is 5.75 Å². The molecule has 126 valence electrons. The third-order valence-corrected chi connectivity index (χ3v) is 3.69. The molecule has 0 saturated heterocycles. The highest BCUT2D eigenvalue weighted by molar-refractivity contribution is 7.80. The number of amides is 1. The zero-order valence-corrected chi connectivity index (χ0v) is 14.1. The first-order valence-electron chi connectivity index (χ1n) is 7.25. The summed E-state index contributed by atoms with van der Waals surface area (Å²) in [6, 6.07) is 5.49. The molecule has 0 spiro atoms. The fourth-order valence-electron chi connectivity index (χ4n) is 2.15. The predicted octanol–water partition coefficient (Wildman–Crippen LogP) is 1.89. The number of para-hydroxylation sites is 1. The molecule has 0 heterocycles. The van der Waals surface area contributed by atoms with Crippen molar-refractivity contribution in [3.63, 3.8) is 0 Å². The van der Waals surface area contributed by atoms with Crippen molar-refractivity contribution >= 4 is 30.3 Å². The lowest BCUT2D eigenvalue weighted by Gasteiger charge is -2.27. The second kappa shape index (κ2) is 9.19. The van der Waals surface area contributed by atoms with Crippen LogP contribution in [0.15, 0.2) is 24.3 Å². The Hall–Kier alpha value is -2.02. The minimum absolute atomic E-state index is 0.0655. The SMILES string of the molecule is CCCC(=O)N(CC(=O)c1ccccc1OC)[C@H](CS)C(=O)O. The summed E-state index contributed by atoms with van der Waals surface area (Å²) in [6.45, 7) is 1.49. The maximum atomic E-state index is 12.5. The number of nitrogens with zero attached hydrogens (tertiary/aromatic N) is 1. The maximum absolute atomic E-state index is 12.5. The number of ether oxygens (including phenoxy) is 1. The summed E-state index contributed by atoms with van der Waals surface area (Å²) in [5.41, 5.74) is 0.313. The van der Waals surface area contributed by atoms with Gasteiger partial charge in [-0.05, 0) is 18.6 Å². The van der Waals surface area contributed by atoms with Gasteiger partial charge in [0.2, 0.25) is 5.91 Å². The van der Waals surface area contributed by atoms with Crippen LogP contribution in [0.4, 0.5) is 0 Å². The highest BCUT2D eigenvalue weighted by atomic mass is 32.1. The number of ketones is 1. The van der Waals surface area contributed by atoms with Crippen LogP contribution < -0.4 is 4.74 Å². The van der Waals surface area contributed by atoms with E-state index in [1.165, 1.54) is 7.11 Å². The summed E-state index contributed by atoms with van der Waals surface area (Å²) in [4.78, 5) is 37.1. The molecule has 1 N–H and O–H groups in total. The summed E-state index contributed by atoms with van der Waals surface area (Å²) >= 11 is 3.99. The highest BCUT2D eigenvalue weighted by Crippen LogP contribution is 2.19. The van der Waals surface area contributed by atoms with E-state index >= 15 is 0 Å². The zero-order valence-electron chi connectivity index (χ0n) is 13.2. The Morgan fingerprint density at radius 3 is 2.48 bits per heavy atom. The largest absolute Gasteiger partial charge is 0.496 e. The Morgan fingerprint density at radius 2 is 1.96 bits per heavy atom. The molecule has 0 radical (unpaired) electrons. The molecule has 6 nitrogen and oxygen atoms in total. The van der Waals surface area contributed by atoms with Crippen LogP contribution in [0.3, 0.4) is 0 Å². The molecule has 1 rings (SSSR count). The zero-order chi connectivity index (χ0) is 17.4. The molecule has 1 atom stereocenters. The van der Waals surface area contributed by atoms with Gasteiger partial charge < -0.3 is 14.7 Å². The predicted molar refractivity (Wildman–Crippen MR) is 89.2 cm³/mol. The second-order valence-corrected chi connectivity index (χ2v) is 5.30. The van der Waals surface area contributed by atoms with E-state index in [9.17, 15) is 19.5 Å². The quantitative estimate of drug-likeness (QED) is 0.530. The fraction of sp³-hybridized carbons (Fsp3) is 0.438. The first kappa shape index (κ1) is 19.0. The lowest BCUT2D eigenvalue weighted by molar-refractivity contribution is -0.148. The third kappa shape index (κ3) is 4.99. The van der Waals surface area contributed by atoms with E-state index in [1.54, 1.807) is 24.3 Å². The Kier molecular flexibility index (Phi) is 7.61. The van der Waals surface area contributed by atoms with Crippen molar-refractivity contribution in [1.82, 2.24) is 4.90 Å². The number of methoxy groups -OCH3 is 1. The van der Waals surface area contributed by atoms with Crippen LogP contribution in [0, 0.1) is 0 Å². The number of carboxylic acids is 1. The van der Waals surface area contributed by atoms with Crippen LogP contribution in [0.1, 0.15) is 30.1 Å². The molecule has 0 bridgehead atoms. The van der Waals surface area contributed by atoms with Crippen molar-refractivity contribution in [1.29, 1.82) is 0 Å². The maximum Gasteiger partial charge on any atom is 0.327 e. The van der Waals surface area contributed by atoms with Crippen molar-refractivity contribution in [2.75, 3.05) is 19.4 Å². The van der Waals surface area contributed by atoms with Crippen LogP contribution in [0.2, 0.25) is 0 Å². The Bertz CT molecular complexity index is 575. The number of Topliss-reactive ketones (excluding diaryl/α,β-unsaturated/α-hetero) is 1. The van der Waals surface area contributed by atoms with E-state index in [2.05, 4.69) is 12.6 Å². The molecule has 0 aliphatic carbocycles. The number of hydrogen-bond donors (Lipinski definition) is 2. The molecule has 0 unspecified atom stereocenters. The van der Waals surface area contributed by atoms with Crippen molar-refractivity contribution in [2.45, 2.75) is 25.8 Å². The van der Waals surface area contributed by atoms with Crippen molar-refractivity contribution in [2.24, 2.45) is 0 Å². The van der Waals surface area contributed by atoms with E-state index in [0.29, 0.717) is 17.7 Å². The van der Waals surface area contributed by atoms with Gasteiger partial charge in [0, 0.05) is 12.2 Å². The standard InChI is InChI=1S/C16H21NO5S/c1-3-6-15(19)17(12(10-23)16(20)21)9-13(18)11-7-4-5-8-14(11)22-2/h4-5,7-8,12,23H,3,6,9-10H2,1-2H3,(H,20,21)/t12-/m1/s1. The topological polar surface area (TPSA) is 83.9 Å². The van der Waals surface area contributed by atoms with Gasteiger partial charge in [-0.15, -0.1) is 0 Å². The lowest BCUT2D eigenvalue weighted by Crippen LogP contribution is -2.48. The van der Waals surface area contributed by atoms with Gasteiger partial charge in [0.15, 0.2) is 5.78 Å². The summed E-state index contributed by atoms with van der Waals surface area (Å²) in [6.07, 6.45) is 0.744. The molecule has 7 heteroatoms. The highest BCUT2D eigenvalue weighted by Gasteiger charge is 2.30. The van der Waals surface area contributed by atoms with Crippen LogP contribution in [-0.4, -0.2) is 53.1 Å². The Labute approximate surface area is 140 Å². The van der Waals surface area contributed by atoms with Gasteiger partial charge >= 0.3 is 5.97 Å². The molecule has 0 fully saturated rings. The molecule has 1 aromatic carbocycles. The molecule has 1 amide bonds. The number of carbonyl (C=O) groups is 3. The van der Waals surface area contributed by atoms with Gasteiger partial charge in [0.05, 0.1) is 19.2 Å². The average Bonchev–Trinajstić information content (AvgIpc) is 2.54. The molecule has 0 aromatic heterocycles. The van der Waals surface area contributed by atoms with Crippen molar-refractivity contribution < 1.29 is 24.2 Å².